The van der Waals surface area contributed by atoms with E-state index in [1.807, 2.05) is 31.5 Å². The van der Waals surface area contributed by atoms with Crippen molar-refractivity contribution in [3.8, 4) is 17.2 Å². The van der Waals surface area contributed by atoms with Crippen LogP contribution >= 0.6 is 0 Å². The van der Waals surface area contributed by atoms with E-state index in [0.29, 0.717) is 28.5 Å². The molecule has 0 unspecified atom stereocenters. The van der Waals surface area contributed by atoms with Gasteiger partial charge in [-0.2, -0.15) is 5.10 Å². The Bertz CT molecular complexity index is 1040. The van der Waals surface area contributed by atoms with Crippen LogP contribution in [0.5, 0.6) is 17.2 Å². The summed E-state index contributed by atoms with van der Waals surface area (Å²) in [5.74, 6) is 1.52. The van der Waals surface area contributed by atoms with E-state index in [9.17, 15) is 4.79 Å². The van der Waals surface area contributed by atoms with Gasteiger partial charge in [-0.05, 0) is 32.9 Å². The second-order valence-electron chi connectivity index (χ2n) is 6.92. The first-order chi connectivity index (χ1) is 13.9. The van der Waals surface area contributed by atoms with Gasteiger partial charge in [0.1, 0.15) is 5.75 Å². The lowest BCUT2D eigenvalue weighted by Crippen LogP contribution is -2.24. The molecule has 154 valence electrons. The summed E-state index contributed by atoms with van der Waals surface area (Å²) in [5.41, 5.74) is 2.71. The highest BCUT2D eigenvalue weighted by atomic mass is 16.5. The number of carbonyl (C=O) groups excluding carboxylic acids is 1. The average Bonchev–Trinajstić information content (AvgIpc) is 3.13. The van der Waals surface area contributed by atoms with Crippen LogP contribution in [0.15, 0.2) is 24.4 Å². The number of methoxy groups -OCH3 is 3. The fourth-order valence-corrected chi connectivity index (χ4v) is 3.17. The minimum atomic E-state index is -0.217. The summed E-state index contributed by atoms with van der Waals surface area (Å²) in [6, 6.07) is 5.54. The van der Waals surface area contributed by atoms with Crippen molar-refractivity contribution >= 4 is 16.9 Å². The third-order valence-electron chi connectivity index (χ3n) is 4.72. The van der Waals surface area contributed by atoms with E-state index in [0.717, 1.165) is 16.6 Å². The fourth-order valence-electron chi connectivity index (χ4n) is 3.17. The van der Waals surface area contributed by atoms with Crippen molar-refractivity contribution in [2.75, 3.05) is 21.3 Å². The maximum atomic E-state index is 12.8. The standard InChI is InChI=1S/C21H26N4O4/c1-12(2)25-20-15(11-23-25)7-16(13(3)24-20)21(26)22-10-14-8-18(28-5)19(29-6)9-17(14)27-4/h7-9,11-12H,10H2,1-6H3,(H,22,26). The molecule has 29 heavy (non-hydrogen) atoms. The van der Waals surface area contributed by atoms with Gasteiger partial charge in [-0.3, -0.25) is 4.79 Å². The number of amides is 1. The van der Waals surface area contributed by atoms with Crippen LogP contribution in [-0.4, -0.2) is 42.0 Å². The zero-order valence-electron chi connectivity index (χ0n) is 17.6. The van der Waals surface area contributed by atoms with Crippen LogP contribution in [0.3, 0.4) is 0 Å². The topological polar surface area (TPSA) is 87.5 Å². The second-order valence-corrected chi connectivity index (χ2v) is 6.92. The van der Waals surface area contributed by atoms with Gasteiger partial charge in [0.25, 0.3) is 5.91 Å². The summed E-state index contributed by atoms with van der Waals surface area (Å²) in [4.78, 5) is 17.4. The van der Waals surface area contributed by atoms with Crippen LogP contribution in [-0.2, 0) is 6.54 Å². The first-order valence-corrected chi connectivity index (χ1v) is 9.31. The molecule has 0 fully saturated rings. The van der Waals surface area contributed by atoms with Gasteiger partial charge >= 0.3 is 0 Å². The normalized spacial score (nSPS) is 11.0. The zero-order chi connectivity index (χ0) is 21.1. The maximum Gasteiger partial charge on any atom is 0.253 e. The van der Waals surface area contributed by atoms with Crippen LogP contribution in [0.2, 0.25) is 0 Å². The number of fused-ring (bicyclic) bond motifs is 1. The molecule has 0 radical (unpaired) electrons. The highest BCUT2D eigenvalue weighted by Crippen LogP contribution is 2.34. The Hall–Kier alpha value is -3.29. The number of benzene rings is 1. The lowest BCUT2D eigenvalue weighted by atomic mass is 10.1. The quantitative estimate of drug-likeness (QED) is 0.657. The Balaban J connectivity index is 1.85. The third kappa shape index (κ3) is 3.96. The maximum absolute atomic E-state index is 12.8. The van der Waals surface area contributed by atoms with Gasteiger partial charge in [0, 0.05) is 29.6 Å². The number of carbonyl (C=O) groups is 1. The van der Waals surface area contributed by atoms with E-state index < -0.39 is 0 Å². The van der Waals surface area contributed by atoms with Crippen molar-refractivity contribution < 1.29 is 19.0 Å². The number of aromatic nitrogens is 3. The third-order valence-corrected chi connectivity index (χ3v) is 4.72. The number of nitrogens with zero attached hydrogens (tertiary/aromatic N) is 3. The smallest absolute Gasteiger partial charge is 0.253 e. The van der Waals surface area contributed by atoms with Crippen molar-refractivity contribution in [1.82, 2.24) is 20.1 Å². The molecule has 1 amide bonds. The largest absolute Gasteiger partial charge is 0.496 e. The van der Waals surface area contributed by atoms with Crippen molar-refractivity contribution in [3.05, 3.63) is 41.2 Å². The molecule has 8 heteroatoms. The van der Waals surface area contributed by atoms with Crippen molar-refractivity contribution in [3.63, 3.8) is 0 Å². The van der Waals surface area contributed by atoms with Gasteiger partial charge in [-0.1, -0.05) is 0 Å². The molecule has 3 rings (SSSR count). The molecule has 8 nitrogen and oxygen atoms in total. The van der Waals surface area contributed by atoms with E-state index >= 15 is 0 Å². The van der Waals surface area contributed by atoms with Crippen LogP contribution in [0.25, 0.3) is 11.0 Å². The highest BCUT2D eigenvalue weighted by Gasteiger charge is 2.17. The summed E-state index contributed by atoms with van der Waals surface area (Å²) in [6.07, 6.45) is 1.73. The number of hydrogen-bond donors (Lipinski definition) is 1. The molecule has 0 saturated heterocycles. The minimum Gasteiger partial charge on any atom is -0.496 e. The summed E-state index contributed by atoms with van der Waals surface area (Å²) >= 11 is 0. The van der Waals surface area contributed by atoms with Gasteiger partial charge in [0.15, 0.2) is 17.1 Å². The van der Waals surface area contributed by atoms with Crippen LogP contribution < -0.4 is 19.5 Å². The summed E-state index contributed by atoms with van der Waals surface area (Å²) in [5, 5.41) is 8.13. The molecular weight excluding hydrogens is 372 g/mol. The minimum absolute atomic E-state index is 0.191. The number of hydrogen-bond acceptors (Lipinski definition) is 6. The van der Waals surface area contributed by atoms with Gasteiger partial charge in [-0.15, -0.1) is 0 Å². The molecule has 0 spiro atoms. The van der Waals surface area contributed by atoms with Crippen molar-refractivity contribution in [2.24, 2.45) is 0 Å². The van der Waals surface area contributed by atoms with Gasteiger partial charge in [0.2, 0.25) is 0 Å². The number of nitrogens with one attached hydrogen (secondary N) is 1. The highest BCUT2D eigenvalue weighted by molar-refractivity contribution is 5.98. The van der Waals surface area contributed by atoms with Crippen LogP contribution in [0.4, 0.5) is 0 Å². The molecule has 0 atom stereocenters. The Morgan fingerprint density at radius 2 is 1.72 bits per heavy atom. The second kappa shape index (κ2) is 8.38. The van der Waals surface area contributed by atoms with Gasteiger partial charge < -0.3 is 19.5 Å². The molecule has 0 aliphatic carbocycles. The first kappa shape index (κ1) is 20.4. The molecule has 2 heterocycles. The molecule has 3 aromatic rings. The SMILES string of the molecule is COc1cc(OC)c(OC)cc1CNC(=O)c1cc2cnn(C(C)C)c2nc1C. The summed E-state index contributed by atoms with van der Waals surface area (Å²) in [6.45, 7) is 6.18. The predicted molar refractivity (Wildman–Crippen MR) is 110 cm³/mol. The first-order valence-electron chi connectivity index (χ1n) is 9.31. The van der Waals surface area contributed by atoms with E-state index in [1.165, 1.54) is 0 Å². The monoisotopic (exact) mass is 398 g/mol. The number of aryl methyl sites for hydroxylation is 1. The fraction of sp³-hybridized carbons (Fsp3) is 0.381. The molecule has 1 N–H and O–H groups in total. The van der Waals surface area contributed by atoms with Gasteiger partial charge in [0.05, 0.1) is 38.8 Å². The Morgan fingerprint density at radius 1 is 1.07 bits per heavy atom. The lowest BCUT2D eigenvalue weighted by molar-refractivity contribution is 0.0949. The summed E-state index contributed by atoms with van der Waals surface area (Å²) in [7, 11) is 4.70. The van der Waals surface area contributed by atoms with Crippen molar-refractivity contribution in [1.29, 1.82) is 0 Å². The Labute approximate surface area is 169 Å². The molecule has 2 aromatic heterocycles. The Morgan fingerprint density at radius 3 is 2.34 bits per heavy atom. The summed E-state index contributed by atoms with van der Waals surface area (Å²) < 4.78 is 17.9. The number of ether oxygens (including phenoxy) is 3. The molecule has 0 bridgehead atoms. The number of rotatable bonds is 7. The van der Waals surface area contributed by atoms with Crippen LogP contribution in [0.1, 0.15) is 41.5 Å². The molecule has 0 aliphatic heterocycles. The molecule has 0 aliphatic rings. The lowest BCUT2D eigenvalue weighted by Gasteiger charge is -2.15. The van der Waals surface area contributed by atoms with Gasteiger partial charge in [-0.25, -0.2) is 9.67 Å². The van der Waals surface area contributed by atoms with Crippen molar-refractivity contribution in [2.45, 2.75) is 33.4 Å². The Kier molecular flexibility index (Phi) is 5.91. The van der Waals surface area contributed by atoms with Crippen LogP contribution in [0, 0.1) is 6.92 Å². The molecule has 0 saturated carbocycles. The molecule has 1 aromatic carbocycles. The zero-order valence-corrected chi connectivity index (χ0v) is 17.6. The number of pyridine rings is 1. The van der Waals surface area contributed by atoms with E-state index in [1.54, 1.807) is 39.7 Å². The van der Waals surface area contributed by atoms with E-state index in [-0.39, 0.29) is 18.5 Å². The van der Waals surface area contributed by atoms with E-state index in [4.69, 9.17) is 14.2 Å². The van der Waals surface area contributed by atoms with E-state index in [2.05, 4.69) is 15.4 Å². The average molecular weight is 398 g/mol. The predicted octanol–water partition coefficient (Wildman–Crippen LogP) is 3.28. The molecular formula is C21H26N4O4.